The van der Waals surface area contributed by atoms with Gasteiger partial charge < -0.3 is 40.7 Å². The van der Waals surface area contributed by atoms with Crippen molar-refractivity contribution in [2.24, 2.45) is 0 Å². The summed E-state index contributed by atoms with van der Waals surface area (Å²) in [5, 5.41) is 65.6. The Morgan fingerprint density at radius 3 is 1.17 bits per heavy atom. The molecule has 1 rings (SSSR count). The Morgan fingerprint density at radius 1 is 0.492 bits per heavy atom. The first-order valence-corrected chi connectivity index (χ1v) is 27.4. The van der Waals surface area contributed by atoms with Gasteiger partial charge in [-0.1, -0.05) is 264 Å². The second-order valence-electron chi connectivity index (χ2n) is 19.6. The fraction of sp³-hybridized carbons (Fsp3) is 0.944. The highest BCUT2D eigenvalue weighted by atomic mass is 16.5. The lowest BCUT2D eigenvalue weighted by Crippen LogP contribution is -2.58. The predicted molar refractivity (Wildman–Crippen MR) is 263 cm³/mol. The zero-order valence-electron chi connectivity index (χ0n) is 41.3. The van der Waals surface area contributed by atoms with E-state index >= 15 is 0 Å². The van der Waals surface area contributed by atoms with Crippen LogP contribution in [-0.2, 0) is 9.53 Å². The highest BCUT2D eigenvalue weighted by molar-refractivity contribution is 5.76. The van der Waals surface area contributed by atoms with Crippen LogP contribution in [0.3, 0.4) is 0 Å². The van der Waals surface area contributed by atoms with E-state index in [1.54, 1.807) is 0 Å². The van der Waals surface area contributed by atoms with Crippen molar-refractivity contribution in [1.82, 2.24) is 5.32 Å². The fourth-order valence-corrected chi connectivity index (χ4v) is 9.23. The van der Waals surface area contributed by atoms with Crippen LogP contribution in [0.15, 0.2) is 12.2 Å². The van der Waals surface area contributed by atoms with Crippen molar-refractivity contribution in [2.75, 3.05) is 6.61 Å². The van der Waals surface area contributed by atoms with E-state index in [2.05, 4.69) is 19.2 Å². The Balaban J connectivity index is 2.23. The van der Waals surface area contributed by atoms with Gasteiger partial charge in [-0.15, -0.1) is 0 Å². The van der Waals surface area contributed by atoms with Gasteiger partial charge in [0.25, 0.3) is 0 Å². The molecule has 1 fully saturated rings. The molecule has 0 bridgehead atoms. The summed E-state index contributed by atoms with van der Waals surface area (Å²) in [5.41, 5.74) is 0. The van der Waals surface area contributed by atoms with E-state index in [1.165, 1.54) is 218 Å². The molecule has 63 heavy (non-hydrogen) atoms. The van der Waals surface area contributed by atoms with Crippen LogP contribution >= 0.6 is 0 Å². The van der Waals surface area contributed by atoms with Gasteiger partial charge >= 0.3 is 0 Å². The molecule has 1 heterocycles. The van der Waals surface area contributed by atoms with Gasteiger partial charge in [0.2, 0.25) is 5.91 Å². The van der Waals surface area contributed by atoms with Crippen molar-refractivity contribution in [3.05, 3.63) is 12.2 Å². The second-order valence-corrected chi connectivity index (χ2v) is 19.6. The van der Waals surface area contributed by atoms with Gasteiger partial charge in [-0.05, 0) is 12.8 Å². The van der Waals surface area contributed by atoms with Crippen LogP contribution in [-0.4, -0.2) is 91.9 Å². The minimum atomic E-state index is -1.53. The molecule has 1 aliphatic heterocycles. The van der Waals surface area contributed by atoms with Gasteiger partial charge in [0.15, 0.2) is 0 Å². The summed E-state index contributed by atoms with van der Waals surface area (Å²) in [5.74, 6) is -0.223. The molecule has 7 N–H and O–H groups in total. The van der Waals surface area contributed by atoms with E-state index in [1.807, 2.05) is 0 Å². The predicted octanol–water partition coefficient (Wildman–Crippen LogP) is 12.2. The molecule has 8 atom stereocenters. The molecule has 9 heteroatoms. The van der Waals surface area contributed by atoms with E-state index in [0.29, 0.717) is 12.8 Å². The summed E-state index contributed by atoms with van der Waals surface area (Å²) in [4.78, 5) is 13.1. The average molecular weight is 896 g/mol. The SMILES string of the molecule is CCCCCCCCCCCCCCCCCCCCCCCCCCCCC(=O)N[C@@H](/C=C/[C@@H]1OC(CO)[C@H](O)[C@H](O)C1O)[C@H](O)[C@H](O)CCCCCCCCCCCCCC. The molecule has 0 aliphatic carbocycles. The van der Waals surface area contributed by atoms with Crippen LogP contribution in [0.2, 0.25) is 0 Å². The van der Waals surface area contributed by atoms with Crippen molar-refractivity contribution < 1.29 is 40.2 Å². The highest BCUT2D eigenvalue weighted by Gasteiger charge is 2.42. The highest BCUT2D eigenvalue weighted by Crippen LogP contribution is 2.23. The zero-order valence-corrected chi connectivity index (χ0v) is 41.3. The topological polar surface area (TPSA) is 160 Å². The number of nitrogens with one attached hydrogen (secondary N) is 1. The van der Waals surface area contributed by atoms with Gasteiger partial charge in [0.05, 0.1) is 18.8 Å². The molecule has 1 saturated heterocycles. The lowest BCUT2D eigenvalue weighted by molar-refractivity contribution is -0.216. The van der Waals surface area contributed by atoms with Crippen LogP contribution in [0, 0.1) is 0 Å². The molecule has 1 aliphatic rings. The third-order valence-electron chi connectivity index (χ3n) is 13.6. The Labute approximate surface area is 388 Å². The molecule has 9 nitrogen and oxygen atoms in total. The molecule has 0 radical (unpaired) electrons. The van der Waals surface area contributed by atoms with Crippen molar-refractivity contribution >= 4 is 5.91 Å². The van der Waals surface area contributed by atoms with E-state index in [4.69, 9.17) is 4.74 Å². The maximum Gasteiger partial charge on any atom is 0.220 e. The Morgan fingerprint density at radius 2 is 0.825 bits per heavy atom. The Bertz CT molecular complexity index is 1010. The van der Waals surface area contributed by atoms with Crippen LogP contribution in [0.25, 0.3) is 0 Å². The van der Waals surface area contributed by atoms with Crippen molar-refractivity contribution in [3.63, 3.8) is 0 Å². The monoisotopic (exact) mass is 896 g/mol. The first-order valence-electron chi connectivity index (χ1n) is 27.4. The molecule has 0 saturated carbocycles. The molecule has 1 amide bonds. The normalized spacial score (nSPS) is 20.7. The van der Waals surface area contributed by atoms with Crippen LogP contribution in [0.5, 0.6) is 0 Å². The minimum absolute atomic E-state index is 0.223. The maximum atomic E-state index is 13.1. The van der Waals surface area contributed by atoms with Crippen LogP contribution < -0.4 is 5.32 Å². The van der Waals surface area contributed by atoms with Gasteiger partial charge in [-0.25, -0.2) is 0 Å². The fourth-order valence-electron chi connectivity index (χ4n) is 9.23. The lowest BCUT2D eigenvalue weighted by atomic mass is 9.93. The number of aliphatic hydroxyl groups excluding tert-OH is 6. The molecular weight excluding hydrogens is 791 g/mol. The number of carbonyl (C=O) groups is 1. The third-order valence-corrected chi connectivity index (χ3v) is 13.6. The molecular formula is C54H105NO8. The average Bonchev–Trinajstić information content (AvgIpc) is 3.28. The summed E-state index contributed by atoms with van der Waals surface area (Å²) in [7, 11) is 0. The van der Waals surface area contributed by atoms with Gasteiger partial charge in [-0.3, -0.25) is 4.79 Å². The number of aliphatic hydroxyl groups is 6. The number of hydrogen-bond acceptors (Lipinski definition) is 8. The maximum absolute atomic E-state index is 13.1. The number of unbranched alkanes of at least 4 members (excludes halogenated alkanes) is 36. The minimum Gasteiger partial charge on any atom is -0.394 e. The summed E-state index contributed by atoms with van der Waals surface area (Å²) in [6, 6.07) is -0.943. The molecule has 0 aromatic heterocycles. The number of amides is 1. The molecule has 0 aromatic carbocycles. The summed E-state index contributed by atoms with van der Waals surface area (Å²) in [6.45, 7) is 3.99. The summed E-state index contributed by atoms with van der Waals surface area (Å²) >= 11 is 0. The van der Waals surface area contributed by atoms with Crippen molar-refractivity contribution in [3.8, 4) is 0 Å². The summed E-state index contributed by atoms with van der Waals surface area (Å²) in [6.07, 6.45) is 43.7. The lowest BCUT2D eigenvalue weighted by Gasteiger charge is -2.39. The number of rotatable bonds is 46. The second kappa shape index (κ2) is 43.5. The molecule has 0 spiro atoms. The van der Waals surface area contributed by atoms with Crippen molar-refractivity contribution in [2.45, 2.75) is 319 Å². The molecule has 2 unspecified atom stereocenters. The molecule has 374 valence electrons. The van der Waals surface area contributed by atoms with Gasteiger partial charge in [0, 0.05) is 6.42 Å². The van der Waals surface area contributed by atoms with Gasteiger partial charge in [-0.2, -0.15) is 0 Å². The number of carbonyl (C=O) groups excluding carboxylic acids is 1. The van der Waals surface area contributed by atoms with Crippen LogP contribution in [0.4, 0.5) is 0 Å². The Hall–Kier alpha value is -1.07. The van der Waals surface area contributed by atoms with Crippen molar-refractivity contribution in [1.29, 1.82) is 0 Å². The standard InChI is InChI=1S/C54H105NO8/c1-3-5-7-9-11-13-15-17-18-19-20-21-22-23-24-25-26-27-28-29-30-32-34-36-38-40-42-50(58)55-46(43-44-48-52(60)54(62)53(61)49(45-56)63-48)51(59)47(57)41-39-37-35-33-31-16-14-12-10-8-6-4-2/h43-44,46-49,51-54,56-57,59-62H,3-42,45H2,1-2H3,(H,55,58)/b44-43+/t46-,47+,48-,49?,51-,52?,53-,54+/m0/s1. The Kier molecular flexibility index (Phi) is 41.4. The van der Waals surface area contributed by atoms with Crippen LogP contribution in [0.1, 0.15) is 271 Å². The number of ether oxygens (including phenoxy) is 1. The van der Waals surface area contributed by atoms with E-state index in [0.717, 1.165) is 38.5 Å². The van der Waals surface area contributed by atoms with E-state index in [-0.39, 0.29) is 5.91 Å². The zero-order chi connectivity index (χ0) is 46.0. The van der Waals surface area contributed by atoms with E-state index < -0.39 is 55.4 Å². The van der Waals surface area contributed by atoms with Gasteiger partial charge in [0.1, 0.15) is 36.6 Å². The molecule has 0 aromatic rings. The first-order chi connectivity index (χ1) is 30.8. The quantitative estimate of drug-likeness (QED) is 0.0235. The first kappa shape index (κ1) is 59.9. The smallest absolute Gasteiger partial charge is 0.220 e. The number of hydrogen-bond donors (Lipinski definition) is 7. The van der Waals surface area contributed by atoms with E-state index in [9.17, 15) is 35.4 Å². The largest absolute Gasteiger partial charge is 0.394 e. The third kappa shape index (κ3) is 33.1. The summed E-state index contributed by atoms with van der Waals surface area (Å²) < 4.78 is 5.61.